The van der Waals surface area contributed by atoms with E-state index in [1.165, 1.54) is 0 Å². The van der Waals surface area contributed by atoms with Crippen molar-refractivity contribution in [1.29, 1.82) is 0 Å². The number of nitrogens with zero attached hydrogens (tertiary/aromatic N) is 1. The lowest BCUT2D eigenvalue weighted by molar-refractivity contribution is -0.110. The highest BCUT2D eigenvalue weighted by Gasteiger charge is 2.19. The van der Waals surface area contributed by atoms with E-state index in [4.69, 9.17) is 5.11 Å². The van der Waals surface area contributed by atoms with Crippen LogP contribution >= 0.6 is 11.9 Å². The first-order valence-corrected chi connectivity index (χ1v) is 6.92. The summed E-state index contributed by atoms with van der Waals surface area (Å²) in [6, 6.07) is 7.20. The van der Waals surface area contributed by atoms with Crippen molar-refractivity contribution in [2.45, 2.75) is 23.8 Å². The molecule has 0 spiro atoms. The summed E-state index contributed by atoms with van der Waals surface area (Å²) in [7, 11) is 0. The van der Waals surface area contributed by atoms with Gasteiger partial charge in [-0.05, 0) is 43.0 Å². The molecule has 1 aliphatic rings. The second kappa shape index (κ2) is 6.58. The third-order valence-electron chi connectivity index (χ3n) is 3.07. The molecule has 0 atom stereocenters. The Morgan fingerprint density at radius 1 is 1.42 bits per heavy atom. The van der Waals surface area contributed by atoms with Crippen LogP contribution in [0, 0.1) is 0 Å². The third-order valence-corrected chi connectivity index (χ3v) is 4.16. The van der Waals surface area contributed by atoms with Gasteiger partial charge < -0.3 is 10.4 Å². The summed E-state index contributed by atoms with van der Waals surface area (Å²) in [6.07, 6.45) is 2.60. The second-order valence-corrected chi connectivity index (χ2v) is 5.58. The number of carbonyl (C=O) groups is 2. The first-order valence-electron chi connectivity index (χ1n) is 6.15. The van der Waals surface area contributed by atoms with Crippen molar-refractivity contribution in [3.63, 3.8) is 0 Å². The third kappa shape index (κ3) is 3.97. The van der Waals surface area contributed by atoms with E-state index in [0.29, 0.717) is 5.56 Å². The molecule has 0 saturated carbocycles. The van der Waals surface area contributed by atoms with Crippen LogP contribution < -0.4 is 5.32 Å². The summed E-state index contributed by atoms with van der Waals surface area (Å²) in [4.78, 5) is 22.2. The van der Waals surface area contributed by atoms with Crippen LogP contribution in [-0.4, -0.2) is 40.9 Å². The standard InChI is InChI=1S/C13H16N2O3S/c16-9-14-11-4-6-15(7-5-11)19-12-3-1-2-10(8-12)13(17)18/h1-3,8-9,11H,4-7H2,(H,14,16)(H,17,18). The number of aromatic carboxylic acids is 1. The van der Waals surface area contributed by atoms with Gasteiger partial charge in [0.15, 0.2) is 0 Å². The number of rotatable bonds is 5. The Balaban J connectivity index is 1.90. The van der Waals surface area contributed by atoms with Crippen molar-refractivity contribution in [3.8, 4) is 0 Å². The first-order chi connectivity index (χ1) is 9.19. The van der Waals surface area contributed by atoms with Crippen molar-refractivity contribution >= 4 is 24.3 Å². The van der Waals surface area contributed by atoms with Gasteiger partial charge in [0.05, 0.1) is 5.56 Å². The Morgan fingerprint density at radius 3 is 2.79 bits per heavy atom. The van der Waals surface area contributed by atoms with Crippen LogP contribution in [0.4, 0.5) is 0 Å². The van der Waals surface area contributed by atoms with Gasteiger partial charge in [-0.15, -0.1) is 0 Å². The molecule has 1 amide bonds. The fourth-order valence-electron chi connectivity index (χ4n) is 2.04. The fraction of sp³-hybridized carbons (Fsp3) is 0.385. The zero-order chi connectivity index (χ0) is 13.7. The van der Waals surface area contributed by atoms with Gasteiger partial charge >= 0.3 is 5.97 Å². The molecule has 102 valence electrons. The van der Waals surface area contributed by atoms with E-state index in [1.54, 1.807) is 30.1 Å². The number of carboxylic acid groups (broad SMARTS) is 1. The van der Waals surface area contributed by atoms with Crippen LogP contribution in [0.1, 0.15) is 23.2 Å². The van der Waals surface area contributed by atoms with Crippen LogP contribution in [0.25, 0.3) is 0 Å². The topological polar surface area (TPSA) is 69.6 Å². The summed E-state index contributed by atoms with van der Waals surface area (Å²) in [5.41, 5.74) is 0.308. The molecular weight excluding hydrogens is 264 g/mol. The number of piperidine rings is 1. The summed E-state index contributed by atoms with van der Waals surface area (Å²) < 4.78 is 2.20. The zero-order valence-electron chi connectivity index (χ0n) is 10.4. The molecule has 1 aliphatic heterocycles. The molecular formula is C13H16N2O3S. The molecule has 19 heavy (non-hydrogen) atoms. The van der Waals surface area contributed by atoms with Gasteiger partial charge in [-0.3, -0.25) is 4.79 Å². The Morgan fingerprint density at radius 2 is 2.16 bits per heavy atom. The highest BCUT2D eigenvalue weighted by Crippen LogP contribution is 2.26. The van der Waals surface area contributed by atoms with Crippen molar-refractivity contribution in [3.05, 3.63) is 29.8 Å². The van der Waals surface area contributed by atoms with Crippen molar-refractivity contribution in [2.24, 2.45) is 0 Å². The molecule has 0 radical (unpaired) electrons. The van der Waals surface area contributed by atoms with Crippen molar-refractivity contribution in [1.82, 2.24) is 9.62 Å². The van der Waals surface area contributed by atoms with Crippen LogP contribution in [0.15, 0.2) is 29.2 Å². The molecule has 1 saturated heterocycles. The normalized spacial score (nSPS) is 17.1. The van der Waals surface area contributed by atoms with Gasteiger partial charge in [-0.2, -0.15) is 0 Å². The van der Waals surface area contributed by atoms with Gasteiger partial charge in [-0.1, -0.05) is 6.07 Å². The lowest BCUT2D eigenvalue weighted by Crippen LogP contribution is -2.39. The highest BCUT2D eigenvalue weighted by molar-refractivity contribution is 7.97. The molecule has 0 aromatic heterocycles. The van der Waals surface area contributed by atoms with E-state index < -0.39 is 5.97 Å². The van der Waals surface area contributed by atoms with E-state index in [0.717, 1.165) is 37.2 Å². The van der Waals surface area contributed by atoms with Crippen molar-refractivity contribution < 1.29 is 14.7 Å². The Kier molecular flexibility index (Phi) is 4.81. The van der Waals surface area contributed by atoms with E-state index in [2.05, 4.69) is 9.62 Å². The largest absolute Gasteiger partial charge is 0.478 e. The fourth-order valence-corrected chi connectivity index (χ4v) is 3.06. The van der Waals surface area contributed by atoms with Gasteiger partial charge in [0, 0.05) is 24.0 Å². The molecule has 0 bridgehead atoms. The lowest BCUT2D eigenvalue weighted by atomic mass is 10.1. The predicted octanol–water partition coefficient (Wildman–Crippen LogP) is 1.60. The molecule has 2 rings (SSSR count). The predicted molar refractivity (Wildman–Crippen MR) is 73.1 cm³/mol. The summed E-state index contributed by atoms with van der Waals surface area (Å²) >= 11 is 1.57. The lowest BCUT2D eigenvalue weighted by Gasteiger charge is -2.30. The smallest absolute Gasteiger partial charge is 0.335 e. The average molecular weight is 280 g/mol. The SMILES string of the molecule is O=CNC1CCN(Sc2cccc(C(=O)O)c2)CC1. The van der Waals surface area contributed by atoms with E-state index >= 15 is 0 Å². The quantitative estimate of drug-likeness (QED) is 0.633. The minimum atomic E-state index is -0.906. The maximum absolute atomic E-state index is 10.9. The minimum Gasteiger partial charge on any atom is -0.478 e. The molecule has 0 aliphatic carbocycles. The van der Waals surface area contributed by atoms with Crippen molar-refractivity contribution in [2.75, 3.05) is 13.1 Å². The summed E-state index contributed by atoms with van der Waals surface area (Å²) in [5.74, 6) is -0.906. The average Bonchev–Trinajstić information content (AvgIpc) is 2.42. The second-order valence-electron chi connectivity index (χ2n) is 4.41. The molecule has 6 heteroatoms. The van der Waals surface area contributed by atoms with Gasteiger partial charge in [0.2, 0.25) is 6.41 Å². The summed E-state index contributed by atoms with van der Waals surface area (Å²) in [5, 5.41) is 11.7. The van der Waals surface area contributed by atoms with Crippen LogP contribution in [-0.2, 0) is 4.79 Å². The molecule has 1 aromatic carbocycles. The number of carbonyl (C=O) groups excluding carboxylic acids is 1. The minimum absolute atomic E-state index is 0.264. The number of hydrogen-bond acceptors (Lipinski definition) is 4. The molecule has 0 unspecified atom stereocenters. The molecule has 1 heterocycles. The number of benzene rings is 1. The van der Waals surface area contributed by atoms with Crippen LogP contribution in [0.2, 0.25) is 0 Å². The Labute approximate surface area is 116 Å². The molecule has 1 fully saturated rings. The van der Waals surface area contributed by atoms with Gasteiger partial charge in [0.25, 0.3) is 0 Å². The molecule has 5 nitrogen and oxygen atoms in total. The zero-order valence-corrected chi connectivity index (χ0v) is 11.2. The van der Waals surface area contributed by atoms with Gasteiger partial charge in [0.1, 0.15) is 0 Å². The first kappa shape index (κ1) is 13.9. The van der Waals surface area contributed by atoms with Crippen LogP contribution in [0.5, 0.6) is 0 Å². The van der Waals surface area contributed by atoms with Crippen LogP contribution in [0.3, 0.4) is 0 Å². The van der Waals surface area contributed by atoms with Gasteiger partial charge in [-0.25, -0.2) is 9.10 Å². The number of carboxylic acids is 1. The maximum atomic E-state index is 10.9. The molecule has 1 aromatic rings. The summed E-state index contributed by atoms with van der Waals surface area (Å²) in [6.45, 7) is 1.76. The Hall–Kier alpha value is -1.53. The molecule has 2 N–H and O–H groups in total. The highest BCUT2D eigenvalue weighted by atomic mass is 32.2. The van der Waals surface area contributed by atoms with E-state index in [-0.39, 0.29) is 6.04 Å². The number of nitrogens with one attached hydrogen (secondary N) is 1. The van der Waals surface area contributed by atoms with E-state index in [9.17, 15) is 9.59 Å². The Bertz CT molecular complexity index is 459. The number of hydrogen-bond donors (Lipinski definition) is 2. The monoisotopic (exact) mass is 280 g/mol. The van der Waals surface area contributed by atoms with E-state index in [1.807, 2.05) is 6.07 Å². The number of amides is 1. The maximum Gasteiger partial charge on any atom is 0.335 e.